The van der Waals surface area contributed by atoms with Gasteiger partial charge in [0, 0.05) is 33.9 Å². The monoisotopic (exact) mass is 608 g/mol. The second-order valence-corrected chi connectivity index (χ2v) is 11.4. The van der Waals surface area contributed by atoms with E-state index < -0.39 is 35.0 Å². The van der Waals surface area contributed by atoms with Crippen LogP contribution >= 0.6 is 0 Å². The highest BCUT2D eigenvalue weighted by molar-refractivity contribution is 6.00. The van der Waals surface area contributed by atoms with E-state index in [0.29, 0.717) is 21.7 Å². The van der Waals surface area contributed by atoms with Crippen molar-refractivity contribution >= 4 is 45.0 Å². The molecule has 3 aromatic heterocycles. The summed E-state index contributed by atoms with van der Waals surface area (Å²) >= 11 is 0. The maximum absolute atomic E-state index is 12.9. The molecule has 0 radical (unpaired) electrons. The molecule has 5 aromatic rings. The largest absolute Gasteiger partial charge is 0.504 e. The number of hydrogen-bond donors (Lipinski definition) is 4. The third-order valence-corrected chi connectivity index (χ3v) is 7.01. The fourth-order valence-corrected chi connectivity index (χ4v) is 4.33. The smallest absolute Gasteiger partial charge is 0.336 e. The number of fused-ring (bicyclic) bond motifs is 3. The van der Waals surface area contributed by atoms with E-state index in [4.69, 9.17) is 27.5 Å². The number of benzene rings is 2. The lowest BCUT2D eigenvalue weighted by molar-refractivity contribution is -0.159. The van der Waals surface area contributed by atoms with Gasteiger partial charge in [-0.15, -0.1) is 0 Å². The number of hydrogen-bond acceptors (Lipinski definition) is 12. The number of phenols is 1. The molecule has 0 fully saturated rings. The van der Waals surface area contributed by atoms with Gasteiger partial charge in [-0.05, 0) is 64.1 Å². The Kier molecular flexibility index (Phi) is 8.17. The third kappa shape index (κ3) is 6.42. The maximum Gasteiger partial charge on any atom is 0.336 e. The summed E-state index contributed by atoms with van der Waals surface area (Å²) in [6.07, 6.45) is 2.72. The molecule has 0 spiro atoms. The summed E-state index contributed by atoms with van der Waals surface area (Å²) in [5.74, 6) is -1.21. The first-order valence-corrected chi connectivity index (χ1v) is 13.7. The molecule has 12 heteroatoms. The number of phenolic OH excluding ortho intramolecular Hbond substituents is 1. The van der Waals surface area contributed by atoms with Gasteiger partial charge in [-0.25, -0.2) is 9.59 Å². The van der Waals surface area contributed by atoms with Gasteiger partial charge in [0.05, 0.1) is 23.7 Å². The zero-order valence-corrected chi connectivity index (χ0v) is 24.4. The molecule has 2 atom stereocenters. The first-order valence-electron chi connectivity index (χ1n) is 13.7. The van der Waals surface area contributed by atoms with Crippen molar-refractivity contribution in [2.45, 2.75) is 51.1 Å². The van der Waals surface area contributed by atoms with Gasteiger partial charge >= 0.3 is 11.6 Å². The first-order chi connectivity index (χ1) is 20.7. The molecule has 0 aliphatic heterocycles. The molecule has 0 amide bonds. The number of furan rings is 2. The van der Waals surface area contributed by atoms with Crippen LogP contribution in [-0.4, -0.2) is 63.0 Å². The Morgan fingerprint density at radius 1 is 0.864 bits per heavy atom. The molecule has 0 bridgehead atoms. The molecule has 232 valence electrons. The van der Waals surface area contributed by atoms with E-state index in [1.54, 1.807) is 30.3 Å². The van der Waals surface area contributed by atoms with Crippen LogP contribution in [0.1, 0.15) is 33.3 Å². The minimum Gasteiger partial charge on any atom is -0.504 e. The standard InChI is InChI=1S/C32H32O12/c1-31(2,37)21(33)15-41-29-25(36)17(13-19-9-11-39-26(19)29)5-7-23(34)43-22(32(3,4)38)16-42-30-27-20(10-12-40-27)14-18-6-8-24(35)44-28(18)30/h5-14,21-22,33,36-38H,15-16H2,1-4H3. The van der Waals surface area contributed by atoms with Crippen LogP contribution < -0.4 is 15.1 Å². The molecule has 5 rings (SSSR count). The summed E-state index contributed by atoms with van der Waals surface area (Å²) in [5.41, 5.74) is -2.78. The van der Waals surface area contributed by atoms with Crippen LogP contribution in [0, 0.1) is 0 Å². The summed E-state index contributed by atoms with van der Waals surface area (Å²) in [6, 6.07) is 9.52. The van der Waals surface area contributed by atoms with Gasteiger partial charge in [-0.3, -0.25) is 0 Å². The number of ether oxygens (including phenoxy) is 3. The van der Waals surface area contributed by atoms with E-state index >= 15 is 0 Å². The third-order valence-electron chi connectivity index (χ3n) is 7.01. The molecule has 4 N–H and O–H groups in total. The number of aliphatic hydroxyl groups is 3. The molecule has 12 nitrogen and oxygen atoms in total. The van der Waals surface area contributed by atoms with Crippen molar-refractivity contribution in [1.82, 2.24) is 0 Å². The van der Waals surface area contributed by atoms with Crippen LogP contribution in [0.2, 0.25) is 0 Å². The van der Waals surface area contributed by atoms with E-state index in [-0.39, 0.29) is 47.2 Å². The quantitative estimate of drug-likeness (QED) is 0.0950. The molecule has 2 unspecified atom stereocenters. The summed E-state index contributed by atoms with van der Waals surface area (Å²) in [4.78, 5) is 24.8. The van der Waals surface area contributed by atoms with Gasteiger partial charge in [0.15, 0.2) is 28.6 Å². The highest BCUT2D eigenvalue weighted by atomic mass is 16.6. The lowest BCUT2D eigenvalue weighted by Gasteiger charge is -2.28. The zero-order chi connectivity index (χ0) is 31.8. The number of carbonyl (C=O) groups excluding carboxylic acids is 1. The number of rotatable bonds is 11. The minimum absolute atomic E-state index is 0.0856. The summed E-state index contributed by atoms with van der Waals surface area (Å²) in [7, 11) is 0. The maximum atomic E-state index is 12.9. The highest BCUT2D eigenvalue weighted by Gasteiger charge is 2.32. The molecule has 0 aliphatic carbocycles. The summed E-state index contributed by atoms with van der Waals surface area (Å²) in [6.45, 7) is 5.03. The fraction of sp³-hybridized carbons (Fsp3) is 0.312. The Labute approximate surface area is 250 Å². The van der Waals surface area contributed by atoms with E-state index in [0.717, 1.165) is 6.08 Å². The lowest BCUT2D eigenvalue weighted by Crippen LogP contribution is -2.43. The number of aromatic hydroxyl groups is 1. The lowest BCUT2D eigenvalue weighted by atomic mass is 10.0. The van der Waals surface area contributed by atoms with Crippen molar-refractivity contribution in [3.63, 3.8) is 0 Å². The minimum atomic E-state index is -1.56. The summed E-state index contributed by atoms with van der Waals surface area (Å²) < 4.78 is 33.4. The number of esters is 1. The normalized spacial score (nSPS) is 14.0. The van der Waals surface area contributed by atoms with E-state index in [1.807, 2.05) is 0 Å². The van der Waals surface area contributed by atoms with Crippen molar-refractivity contribution in [2.75, 3.05) is 13.2 Å². The van der Waals surface area contributed by atoms with Crippen molar-refractivity contribution in [3.8, 4) is 17.2 Å². The summed E-state index contributed by atoms with van der Waals surface area (Å²) in [5, 5.41) is 43.6. The molecule has 44 heavy (non-hydrogen) atoms. The number of aliphatic hydroxyl groups excluding tert-OH is 1. The van der Waals surface area contributed by atoms with E-state index in [1.165, 1.54) is 52.4 Å². The average molecular weight is 609 g/mol. The Morgan fingerprint density at radius 3 is 2.14 bits per heavy atom. The van der Waals surface area contributed by atoms with Crippen LogP contribution in [0.3, 0.4) is 0 Å². The second kappa shape index (κ2) is 11.7. The Hall–Kier alpha value is -4.78. The van der Waals surface area contributed by atoms with Gasteiger partial charge in [0.1, 0.15) is 19.3 Å². The Balaban J connectivity index is 1.36. The first kappa shape index (κ1) is 30.7. The average Bonchev–Trinajstić information content (AvgIpc) is 3.61. The van der Waals surface area contributed by atoms with Crippen LogP contribution in [0.5, 0.6) is 17.2 Å². The van der Waals surface area contributed by atoms with Crippen LogP contribution in [0.25, 0.3) is 39.0 Å². The van der Waals surface area contributed by atoms with Crippen LogP contribution in [0.15, 0.2) is 73.0 Å². The number of carbonyl (C=O) groups is 1. The van der Waals surface area contributed by atoms with Crippen molar-refractivity contribution in [2.24, 2.45) is 0 Å². The molecular weight excluding hydrogens is 576 g/mol. The van der Waals surface area contributed by atoms with Gasteiger partial charge in [0.2, 0.25) is 11.5 Å². The topological polar surface area (TPSA) is 182 Å². The highest BCUT2D eigenvalue weighted by Crippen LogP contribution is 2.40. The second-order valence-electron chi connectivity index (χ2n) is 11.4. The van der Waals surface area contributed by atoms with Crippen molar-refractivity contribution in [1.29, 1.82) is 0 Å². The zero-order valence-electron chi connectivity index (χ0n) is 24.4. The van der Waals surface area contributed by atoms with Crippen LogP contribution in [0.4, 0.5) is 0 Å². The Morgan fingerprint density at radius 2 is 1.48 bits per heavy atom. The van der Waals surface area contributed by atoms with Gasteiger partial charge < -0.3 is 47.9 Å². The van der Waals surface area contributed by atoms with Crippen LogP contribution in [-0.2, 0) is 9.53 Å². The molecule has 0 saturated carbocycles. The molecule has 0 saturated heterocycles. The fourth-order valence-electron chi connectivity index (χ4n) is 4.33. The Bertz CT molecular complexity index is 1890. The van der Waals surface area contributed by atoms with Gasteiger partial charge in [-0.1, -0.05) is 0 Å². The molecule has 2 aromatic carbocycles. The molecule has 0 aliphatic rings. The van der Waals surface area contributed by atoms with E-state index in [9.17, 15) is 30.0 Å². The van der Waals surface area contributed by atoms with E-state index in [2.05, 4.69) is 0 Å². The SMILES string of the molecule is CC(C)(O)C(O)COc1c(O)c(C=CC(=O)OC(COc2c3occc3cc3ccc(=O)oc23)C(C)(C)O)cc2ccoc12. The van der Waals surface area contributed by atoms with Crippen molar-refractivity contribution in [3.05, 3.63) is 71.0 Å². The molecule has 3 heterocycles. The van der Waals surface area contributed by atoms with Crippen molar-refractivity contribution < 1.29 is 52.7 Å². The predicted octanol–water partition coefficient (Wildman–Crippen LogP) is 4.28. The van der Waals surface area contributed by atoms with Gasteiger partial charge in [0.25, 0.3) is 0 Å². The predicted molar refractivity (Wildman–Crippen MR) is 159 cm³/mol. The molecular formula is C32H32O12. The van der Waals surface area contributed by atoms with Gasteiger partial charge in [-0.2, -0.15) is 0 Å².